The molecule has 0 amide bonds. The minimum Gasteiger partial charge on any atom is -0.460 e. The maximum absolute atomic E-state index is 12.1. The van der Waals surface area contributed by atoms with Crippen molar-refractivity contribution in [1.29, 1.82) is 0 Å². The first-order valence-electron chi connectivity index (χ1n) is 8.29. The predicted octanol–water partition coefficient (Wildman–Crippen LogP) is 3.07. The maximum Gasteiger partial charge on any atom is 0.323 e. The van der Waals surface area contributed by atoms with Crippen molar-refractivity contribution in [3.05, 3.63) is 35.9 Å². The van der Waals surface area contributed by atoms with Gasteiger partial charge >= 0.3 is 11.9 Å². The smallest absolute Gasteiger partial charge is 0.323 e. The number of nitrogens with one attached hydrogen (secondary N) is 1. The molecule has 0 aliphatic heterocycles. The summed E-state index contributed by atoms with van der Waals surface area (Å²) < 4.78 is 10.7. The predicted molar refractivity (Wildman–Crippen MR) is 93.3 cm³/mol. The number of carbonyl (C=O) groups excluding carboxylic acids is 2. The van der Waals surface area contributed by atoms with Crippen molar-refractivity contribution in [1.82, 2.24) is 5.32 Å². The molecule has 0 saturated carbocycles. The van der Waals surface area contributed by atoms with E-state index >= 15 is 0 Å². The lowest BCUT2D eigenvalue weighted by Crippen LogP contribution is -2.46. The largest absolute Gasteiger partial charge is 0.460 e. The molecule has 0 fully saturated rings. The van der Waals surface area contributed by atoms with Crippen LogP contribution in [0.3, 0.4) is 0 Å². The number of rotatable bonds is 7. The number of hydrogen-bond acceptors (Lipinski definition) is 5. The Morgan fingerprint density at radius 2 is 1.62 bits per heavy atom. The summed E-state index contributed by atoms with van der Waals surface area (Å²) >= 11 is 0. The number of hydrogen-bond donors (Lipinski definition) is 1. The summed E-state index contributed by atoms with van der Waals surface area (Å²) in [5.74, 6) is -0.997. The molecule has 5 heteroatoms. The molecule has 0 bridgehead atoms. The second-order valence-corrected chi connectivity index (χ2v) is 7.09. The van der Waals surface area contributed by atoms with Crippen LogP contribution in [0.15, 0.2) is 30.3 Å². The van der Waals surface area contributed by atoms with E-state index in [0.717, 1.165) is 5.56 Å². The van der Waals surface area contributed by atoms with Crippen LogP contribution in [0, 0.1) is 5.92 Å². The van der Waals surface area contributed by atoms with E-state index in [1.165, 1.54) is 0 Å². The molecular weight excluding hydrogens is 306 g/mol. The van der Waals surface area contributed by atoms with Crippen LogP contribution in [0.2, 0.25) is 0 Å². The summed E-state index contributed by atoms with van der Waals surface area (Å²) in [7, 11) is 0. The maximum atomic E-state index is 12.1. The summed E-state index contributed by atoms with van der Waals surface area (Å²) in [6.45, 7) is 11.1. The van der Waals surface area contributed by atoms with Gasteiger partial charge < -0.3 is 14.8 Å². The Labute approximate surface area is 144 Å². The SMILES string of the molecule is CC(NC(C)C(C)C(=O)OC(C)(C)C)C(=O)OCc1ccccc1. The Morgan fingerprint density at radius 3 is 2.17 bits per heavy atom. The molecule has 0 spiro atoms. The Bertz CT molecular complexity index is 536. The Kier molecular flexibility index (Phi) is 7.42. The lowest BCUT2D eigenvalue weighted by Gasteiger charge is -2.27. The van der Waals surface area contributed by atoms with Crippen LogP contribution >= 0.6 is 0 Å². The van der Waals surface area contributed by atoms with E-state index in [4.69, 9.17) is 9.47 Å². The Morgan fingerprint density at radius 1 is 1.04 bits per heavy atom. The fourth-order valence-electron chi connectivity index (χ4n) is 2.06. The molecule has 1 N–H and O–H groups in total. The number of esters is 2. The molecule has 1 aromatic rings. The molecule has 0 radical (unpaired) electrons. The van der Waals surface area contributed by atoms with Crippen molar-refractivity contribution in [2.24, 2.45) is 5.92 Å². The van der Waals surface area contributed by atoms with Gasteiger partial charge in [-0.05, 0) is 40.2 Å². The summed E-state index contributed by atoms with van der Waals surface area (Å²) in [6, 6.07) is 8.80. The normalized spacial score (nSPS) is 15.2. The zero-order valence-electron chi connectivity index (χ0n) is 15.5. The fourth-order valence-corrected chi connectivity index (χ4v) is 2.06. The highest BCUT2D eigenvalue weighted by atomic mass is 16.6. The van der Waals surface area contributed by atoms with Gasteiger partial charge in [-0.3, -0.25) is 9.59 Å². The van der Waals surface area contributed by atoms with E-state index in [2.05, 4.69) is 5.32 Å². The van der Waals surface area contributed by atoms with Crippen LogP contribution in [0.25, 0.3) is 0 Å². The second kappa shape index (κ2) is 8.83. The van der Waals surface area contributed by atoms with Crippen LogP contribution in [0.4, 0.5) is 0 Å². The average molecular weight is 335 g/mol. The van der Waals surface area contributed by atoms with E-state index < -0.39 is 11.6 Å². The Hall–Kier alpha value is -1.88. The lowest BCUT2D eigenvalue weighted by molar-refractivity contribution is -0.161. The lowest BCUT2D eigenvalue weighted by atomic mass is 10.0. The molecule has 0 saturated heterocycles. The van der Waals surface area contributed by atoms with Crippen molar-refractivity contribution in [3.63, 3.8) is 0 Å². The van der Waals surface area contributed by atoms with Crippen LogP contribution in [-0.2, 0) is 25.7 Å². The molecule has 0 aliphatic carbocycles. The van der Waals surface area contributed by atoms with Gasteiger partial charge in [0, 0.05) is 6.04 Å². The van der Waals surface area contributed by atoms with E-state index in [1.54, 1.807) is 13.8 Å². The first-order chi connectivity index (χ1) is 11.1. The summed E-state index contributed by atoms with van der Waals surface area (Å²) in [4.78, 5) is 24.2. The zero-order valence-corrected chi connectivity index (χ0v) is 15.5. The molecule has 5 nitrogen and oxygen atoms in total. The van der Waals surface area contributed by atoms with E-state index in [9.17, 15) is 9.59 Å². The third-order valence-corrected chi connectivity index (χ3v) is 3.62. The van der Waals surface area contributed by atoms with Crippen LogP contribution in [-0.4, -0.2) is 29.6 Å². The van der Waals surface area contributed by atoms with Gasteiger partial charge in [0.05, 0.1) is 5.92 Å². The molecule has 3 atom stereocenters. The monoisotopic (exact) mass is 335 g/mol. The highest BCUT2D eigenvalue weighted by Crippen LogP contribution is 2.14. The quantitative estimate of drug-likeness (QED) is 0.776. The third-order valence-electron chi connectivity index (χ3n) is 3.62. The average Bonchev–Trinajstić information content (AvgIpc) is 2.50. The van der Waals surface area contributed by atoms with Gasteiger partial charge in [0.2, 0.25) is 0 Å². The van der Waals surface area contributed by atoms with Crippen molar-refractivity contribution < 1.29 is 19.1 Å². The van der Waals surface area contributed by atoms with E-state index in [-0.39, 0.29) is 30.5 Å². The van der Waals surface area contributed by atoms with Gasteiger partial charge in [-0.2, -0.15) is 0 Å². The molecule has 0 aliphatic rings. The van der Waals surface area contributed by atoms with Gasteiger partial charge in [0.1, 0.15) is 18.2 Å². The minimum absolute atomic E-state index is 0.209. The second-order valence-electron chi connectivity index (χ2n) is 7.09. The number of benzene rings is 1. The van der Waals surface area contributed by atoms with Crippen molar-refractivity contribution in [2.45, 2.75) is 65.8 Å². The molecule has 1 rings (SSSR count). The molecule has 0 aromatic heterocycles. The first kappa shape index (κ1) is 20.2. The van der Waals surface area contributed by atoms with E-state index in [1.807, 2.05) is 58.0 Å². The summed E-state index contributed by atoms with van der Waals surface area (Å²) in [6.07, 6.45) is 0. The van der Waals surface area contributed by atoms with Gasteiger partial charge in [0.25, 0.3) is 0 Å². The Balaban J connectivity index is 2.45. The number of carbonyl (C=O) groups is 2. The van der Waals surface area contributed by atoms with Crippen LogP contribution < -0.4 is 5.32 Å². The van der Waals surface area contributed by atoms with Crippen LogP contribution in [0.5, 0.6) is 0 Å². The minimum atomic E-state index is -0.523. The molecule has 1 aromatic carbocycles. The van der Waals surface area contributed by atoms with Crippen molar-refractivity contribution in [3.8, 4) is 0 Å². The zero-order chi connectivity index (χ0) is 18.3. The number of ether oxygens (including phenoxy) is 2. The van der Waals surface area contributed by atoms with Crippen LogP contribution in [0.1, 0.15) is 47.1 Å². The van der Waals surface area contributed by atoms with Gasteiger partial charge in [-0.15, -0.1) is 0 Å². The van der Waals surface area contributed by atoms with Gasteiger partial charge in [-0.1, -0.05) is 37.3 Å². The standard InChI is InChI=1S/C19H29NO4/c1-13(17(21)24-19(4,5)6)14(2)20-15(3)18(22)23-12-16-10-8-7-9-11-16/h7-11,13-15,20H,12H2,1-6H3. The van der Waals surface area contributed by atoms with Crippen molar-refractivity contribution in [2.75, 3.05) is 0 Å². The molecule has 24 heavy (non-hydrogen) atoms. The highest BCUT2D eigenvalue weighted by Gasteiger charge is 2.28. The van der Waals surface area contributed by atoms with Gasteiger partial charge in [-0.25, -0.2) is 0 Å². The summed E-state index contributed by atoms with van der Waals surface area (Å²) in [5, 5.41) is 3.11. The molecular formula is C19H29NO4. The topological polar surface area (TPSA) is 64.6 Å². The first-order valence-corrected chi connectivity index (χ1v) is 8.29. The van der Waals surface area contributed by atoms with Gasteiger partial charge in [0.15, 0.2) is 0 Å². The summed E-state index contributed by atoms with van der Waals surface area (Å²) in [5.41, 5.74) is 0.416. The third kappa shape index (κ3) is 7.13. The fraction of sp³-hybridized carbons (Fsp3) is 0.579. The molecule has 3 unspecified atom stereocenters. The molecule has 0 heterocycles. The highest BCUT2D eigenvalue weighted by molar-refractivity contribution is 5.76. The van der Waals surface area contributed by atoms with Crippen molar-refractivity contribution >= 4 is 11.9 Å². The molecule has 134 valence electrons. The van der Waals surface area contributed by atoms with E-state index in [0.29, 0.717) is 0 Å².